The van der Waals surface area contributed by atoms with Crippen molar-refractivity contribution >= 4 is 39.3 Å². The van der Waals surface area contributed by atoms with Gasteiger partial charge in [0.1, 0.15) is 0 Å². The molecule has 0 radical (unpaired) electrons. The van der Waals surface area contributed by atoms with Crippen molar-refractivity contribution < 1.29 is 24.2 Å². The Morgan fingerprint density at radius 3 is 1.80 bits per heavy atom. The molecule has 0 aliphatic rings. The van der Waals surface area contributed by atoms with Crippen molar-refractivity contribution in [2.75, 3.05) is 19.8 Å². The van der Waals surface area contributed by atoms with Gasteiger partial charge >= 0.3 is 0 Å². The lowest BCUT2D eigenvalue weighted by Crippen LogP contribution is -2.58. The smallest absolute Gasteiger partial charge is 0.246 e. The molecular weight excluding hydrogens is 626 g/mol. The van der Waals surface area contributed by atoms with Crippen LogP contribution in [0.2, 0.25) is 0 Å². The van der Waals surface area contributed by atoms with Crippen LogP contribution in [0.25, 0.3) is 21.5 Å². The highest BCUT2D eigenvalue weighted by Gasteiger charge is 2.41. The average Bonchev–Trinajstić information content (AvgIpc) is 3.09. The number of benzene rings is 4. The molecule has 0 fully saturated rings. The Bertz CT molecular complexity index is 1630. The number of rotatable bonds is 18. The molecule has 4 N–H and O–H groups in total. The molecular formula is C42H55N3O5. The summed E-state index contributed by atoms with van der Waals surface area (Å²) in [5, 5.41) is 18.7. The molecule has 0 aromatic heterocycles. The SMILES string of the molecule is CCOCCNC(=O)C[C@H](O)[C@H](CC(C)C)N(C(=O)C(Cc1cccc2ccccc12)Cc1cccc2ccccc12)C(=O)[C@@H](N)CC(C)C. The standard InChI is InChI=1S/C42H55N3O5/c1-6-50-22-21-44-40(47)27-39(46)38(24-29(4)5)45(42(49)37(43)23-28(2)3)41(48)34(25-32-17-11-15-30-13-7-9-19-35(30)32)26-33-18-12-16-31-14-8-10-20-36(31)33/h7-20,28-29,34,37-39,46H,6,21-27,43H2,1-5H3,(H,44,47)/t37-,38-,39-/m0/s1. The highest BCUT2D eigenvalue weighted by molar-refractivity contribution is 6.00. The molecule has 4 aromatic rings. The Kier molecular flexibility index (Phi) is 14.5. The fraction of sp³-hybridized carbons (Fsp3) is 0.452. The van der Waals surface area contributed by atoms with Crippen LogP contribution in [0.15, 0.2) is 84.9 Å². The maximum absolute atomic E-state index is 15.2. The summed E-state index contributed by atoms with van der Waals surface area (Å²) in [6.45, 7) is 11.0. The van der Waals surface area contributed by atoms with Crippen LogP contribution in [0.1, 0.15) is 65.0 Å². The first-order valence-corrected chi connectivity index (χ1v) is 18.1. The monoisotopic (exact) mass is 681 g/mol. The van der Waals surface area contributed by atoms with Gasteiger partial charge in [0.05, 0.1) is 31.2 Å². The van der Waals surface area contributed by atoms with Gasteiger partial charge in [-0.1, -0.05) is 113 Å². The Labute approximate surface area is 297 Å². The van der Waals surface area contributed by atoms with Crippen molar-refractivity contribution in [3.05, 3.63) is 96.1 Å². The third-order valence-electron chi connectivity index (χ3n) is 9.22. The van der Waals surface area contributed by atoms with Gasteiger partial charge in [0.15, 0.2) is 0 Å². The summed E-state index contributed by atoms with van der Waals surface area (Å²) in [6, 6.07) is 26.4. The summed E-state index contributed by atoms with van der Waals surface area (Å²) in [7, 11) is 0. The molecule has 0 heterocycles. The van der Waals surface area contributed by atoms with Crippen LogP contribution in [0.4, 0.5) is 0 Å². The van der Waals surface area contributed by atoms with Gasteiger partial charge in [0.25, 0.3) is 0 Å². The largest absolute Gasteiger partial charge is 0.390 e. The fourth-order valence-electron chi connectivity index (χ4n) is 6.86. The lowest BCUT2D eigenvalue weighted by Gasteiger charge is -2.38. The summed E-state index contributed by atoms with van der Waals surface area (Å²) >= 11 is 0. The molecule has 0 aliphatic heterocycles. The van der Waals surface area contributed by atoms with E-state index in [1.807, 2.05) is 83.1 Å². The Morgan fingerprint density at radius 2 is 1.28 bits per heavy atom. The zero-order valence-electron chi connectivity index (χ0n) is 30.3. The number of amides is 3. The minimum Gasteiger partial charge on any atom is -0.390 e. The van der Waals surface area contributed by atoms with E-state index in [0.717, 1.165) is 32.7 Å². The van der Waals surface area contributed by atoms with E-state index in [9.17, 15) is 14.7 Å². The predicted octanol–water partition coefficient (Wildman–Crippen LogP) is 6.44. The predicted molar refractivity (Wildman–Crippen MR) is 201 cm³/mol. The molecule has 4 aromatic carbocycles. The number of nitrogens with one attached hydrogen (secondary N) is 1. The van der Waals surface area contributed by atoms with Crippen LogP contribution in [0.3, 0.4) is 0 Å². The summed E-state index contributed by atoms with van der Waals surface area (Å²) < 4.78 is 5.34. The van der Waals surface area contributed by atoms with Crippen molar-refractivity contribution in [2.24, 2.45) is 23.5 Å². The normalized spacial score (nSPS) is 13.6. The molecule has 4 rings (SSSR count). The number of ether oxygens (including phenoxy) is 1. The number of carbonyl (C=O) groups excluding carboxylic acids is 3. The quantitative estimate of drug-likeness (QED) is 0.104. The number of hydrogen-bond acceptors (Lipinski definition) is 6. The molecule has 0 unspecified atom stereocenters. The van der Waals surface area contributed by atoms with E-state index in [1.54, 1.807) is 0 Å². The highest BCUT2D eigenvalue weighted by atomic mass is 16.5. The van der Waals surface area contributed by atoms with Gasteiger partial charge < -0.3 is 20.9 Å². The van der Waals surface area contributed by atoms with Gasteiger partial charge in [0.2, 0.25) is 17.7 Å². The van der Waals surface area contributed by atoms with Crippen molar-refractivity contribution in [3.63, 3.8) is 0 Å². The van der Waals surface area contributed by atoms with Gasteiger partial charge in [-0.15, -0.1) is 0 Å². The summed E-state index contributed by atoms with van der Waals surface area (Å²) in [5.41, 5.74) is 8.55. The second-order valence-electron chi connectivity index (χ2n) is 14.2. The lowest BCUT2D eigenvalue weighted by atomic mass is 9.86. The Hall–Kier alpha value is -4.11. The second kappa shape index (κ2) is 18.8. The third kappa shape index (κ3) is 10.5. The van der Waals surface area contributed by atoms with Gasteiger partial charge in [-0.25, -0.2) is 0 Å². The van der Waals surface area contributed by atoms with Crippen molar-refractivity contribution in [2.45, 2.75) is 84.9 Å². The van der Waals surface area contributed by atoms with Crippen molar-refractivity contribution in [1.29, 1.82) is 0 Å². The zero-order chi connectivity index (χ0) is 36.2. The van der Waals surface area contributed by atoms with Crippen molar-refractivity contribution in [3.8, 4) is 0 Å². The first-order chi connectivity index (χ1) is 24.0. The van der Waals surface area contributed by atoms with Crippen LogP contribution in [-0.2, 0) is 32.0 Å². The number of imide groups is 1. The maximum Gasteiger partial charge on any atom is 0.246 e. The topological polar surface area (TPSA) is 122 Å². The zero-order valence-corrected chi connectivity index (χ0v) is 30.3. The third-order valence-corrected chi connectivity index (χ3v) is 9.22. The molecule has 0 saturated carbocycles. The molecule has 3 amide bonds. The van der Waals surface area contributed by atoms with E-state index in [1.165, 1.54) is 4.90 Å². The number of carbonyl (C=O) groups is 3. The minimum absolute atomic E-state index is 0.00896. The minimum atomic E-state index is -1.29. The first-order valence-electron chi connectivity index (χ1n) is 18.1. The van der Waals surface area contributed by atoms with Crippen LogP contribution in [0.5, 0.6) is 0 Å². The molecule has 0 bridgehead atoms. The molecule has 268 valence electrons. The van der Waals surface area contributed by atoms with Crippen LogP contribution in [0, 0.1) is 17.8 Å². The van der Waals surface area contributed by atoms with E-state index in [4.69, 9.17) is 10.5 Å². The average molecular weight is 682 g/mol. The van der Waals surface area contributed by atoms with E-state index in [0.29, 0.717) is 45.4 Å². The van der Waals surface area contributed by atoms with E-state index < -0.39 is 35.9 Å². The Balaban J connectivity index is 1.80. The van der Waals surface area contributed by atoms with Crippen LogP contribution >= 0.6 is 0 Å². The molecule has 0 aliphatic carbocycles. The maximum atomic E-state index is 15.2. The second-order valence-corrected chi connectivity index (χ2v) is 14.2. The lowest BCUT2D eigenvalue weighted by molar-refractivity contribution is -0.156. The molecule has 50 heavy (non-hydrogen) atoms. The van der Waals surface area contributed by atoms with Gasteiger partial charge in [-0.3, -0.25) is 19.3 Å². The number of nitrogens with two attached hydrogens (primary N) is 1. The number of aliphatic hydroxyl groups excluding tert-OH is 1. The van der Waals surface area contributed by atoms with Crippen LogP contribution in [-0.4, -0.2) is 65.7 Å². The van der Waals surface area contributed by atoms with Crippen LogP contribution < -0.4 is 11.1 Å². The molecule has 8 nitrogen and oxygen atoms in total. The van der Waals surface area contributed by atoms with Gasteiger partial charge in [-0.2, -0.15) is 0 Å². The number of fused-ring (bicyclic) bond motifs is 2. The molecule has 3 atom stereocenters. The molecule has 0 spiro atoms. The van der Waals surface area contributed by atoms with E-state index in [2.05, 4.69) is 41.7 Å². The van der Waals surface area contributed by atoms with Gasteiger partial charge in [0, 0.05) is 19.1 Å². The highest BCUT2D eigenvalue weighted by Crippen LogP contribution is 2.30. The van der Waals surface area contributed by atoms with Gasteiger partial charge in [-0.05, 0) is 77.1 Å². The number of nitrogens with zero attached hydrogens (tertiary/aromatic N) is 1. The van der Waals surface area contributed by atoms with E-state index in [-0.39, 0.29) is 24.2 Å². The van der Waals surface area contributed by atoms with E-state index >= 15 is 4.79 Å². The fourth-order valence-corrected chi connectivity index (χ4v) is 6.86. The number of aliphatic hydroxyl groups is 1. The Morgan fingerprint density at radius 1 is 0.760 bits per heavy atom. The summed E-state index contributed by atoms with van der Waals surface area (Å²) in [5.74, 6) is -1.83. The summed E-state index contributed by atoms with van der Waals surface area (Å²) in [6.07, 6.45) is -0.127. The van der Waals surface area contributed by atoms with Crippen molar-refractivity contribution in [1.82, 2.24) is 10.2 Å². The first kappa shape index (κ1) is 38.7. The summed E-state index contributed by atoms with van der Waals surface area (Å²) in [4.78, 5) is 43.9. The number of hydrogen-bond donors (Lipinski definition) is 3. The molecule has 0 saturated heterocycles. The molecule has 8 heteroatoms.